The van der Waals surface area contributed by atoms with Crippen molar-refractivity contribution < 1.29 is 13.9 Å². The van der Waals surface area contributed by atoms with Gasteiger partial charge in [-0.1, -0.05) is 6.07 Å². The van der Waals surface area contributed by atoms with Crippen LogP contribution in [0.25, 0.3) is 0 Å². The summed E-state index contributed by atoms with van der Waals surface area (Å²) in [7, 11) is 0. The van der Waals surface area contributed by atoms with Crippen LogP contribution in [0.3, 0.4) is 0 Å². The Bertz CT molecular complexity index is 535. The fourth-order valence-electron chi connectivity index (χ4n) is 2.54. The number of halogens is 1. The lowest BCUT2D eigenvalue weighted by Gasteiger charge is -2.34. The summed E-state index contributed by atoms with van der Waals surface area (Å²) >= 11 is 0. The molecule has 1 amide bonds. The number of hydrogen-bond acceptors (Lipinski definition) is 4. The molecule has 22 heavy (non-hydrogen) atoms. The largest absolute Gasteiger partial charge is 0.444 e. The van der Waals surface area contributed by atoms with Gasteiger partial charge in [0.25, 0.3) is 0 Å². The number of carbonyl (C=O) groups excluding carboxylic acids is 1. The molecule has 0 aliphatic carbocycles. The number of nitrogens with two attached hydrogens (primary N) is 1. The normalized spacial score (nSPS) is 16.5. The van der Waals surface area contributed by atoms with Crippen LogP contribution in [0, 0.1) is 5.82 Å². The minimum absolute atomic E-state index is 0.0703. The molecule has 0 spiro atoms. The predicted octanol–water partition coefficient (Wildman–Crippen LogP) is 2.90. The molecule has 1 fully saturated rings. The summed E-state index contributed by atoms with van der Waals surface area (Å²) in [6.45, 7) is 6.94. The van der Waals surface area contributed by atoms with E-state index in [0.717, 1.165) is 18.5 Å². The van der Waals surface area contributed by atoms with E-state index in [0.29, 0.717) is 13.1 Å². The molecular formula is C16H24FN3O2. The molecule has 0 unspecified atom stereocenters. The second-order valence-corrected chi connectivity index (χ2v) is 6.58. The highest BCUT2D eigenvalue weighted by Gasteiger charge is 2.24. The van der Waals surface area contributed by atoms with Gasteiger partial charge in [-0.05, 0) is 45.7 Å². The lowest BCUT2D eigenvalue weighted by Crippen LogP contribution is -2.46. The molecule has 0 atom stereocenters. The standard InChI is InChI=1S/C16H24FN3O2/c1-16(2,3)22-15(21)19-11-7-9-20(10-8-11)13-6-4-5-12(17)14(13)18/h4-6,11H,7-10,18H2,1-3H3,(H,19,21). The number of anilines is 2. The molecule has 0 bridgehead atoms. The molecule has 2 rings (SSSR count). The molecule has 1 heterocycles. The van der Waals surface area contributed by atoms with Crippen LogP contribution in [-0.4, -0.2) is 30.8 Å². The van der Waals surface area contributed by atoms with Crippen molar-refractivity contribution in [3.63, 3.8) is 0 Å². The Morgan fingerprint density at radius 3 is 2.59 bits per heavy atom. The molecule has 5 nitrogen and oxygen atoms in total. The molecule has 1 aliphatic rings. The maximum atomic E-state index is 13.5. The van der Waals surface area contributed by atoms with Gasteiger partial charge in [-0.25, -0.2) is 9.18 Å². The van der Waals surface area contributed by atoms with Crippen molar-refractivity contribution in [2.75, 3.05) is 23.7 Å². The SMILES string of the molecule is CC(C)(C)OC(=O)NC1CCN(c2cccc(F)c2N)CC1. The zero-order valence-electron chi connectivity index (χ0n) is 13.4. The number of carbonyl (C=O) groups is 1. The van der Waals surface area contributed by atoms with E-state index in [4.69, 9.17) is 10.5 Å². The molecule has 0 saturated carbocycles. The van der Waals surface area contributed by atoms with E-state index in [1.165, 1.54) is 6.07 Å². The molecule has 1 aliphatic heterocycles. The van der Waals surface area contributed by atoms with Crippen LogP contribution in [0.1, 0.15) is 33.6 Å². The van der Waals surface area contributed by atoms with Crippen LogP contribution >= 0.6 is 0 Å². The highest BCUT2D eigenvalue weighted by Crippen LogP contribution is 2.28. The van der Waals surface area contributed by atoms with Crippen molar-refractivity contribution in [2.45, 2.75) is 45.3 Å². The first-order chi connectivity index (χ1) is 10.3. The van der Waals surface area contributed by atoms with Crippen LogP contribution in [-0.2, 0) is 4.74 Å². The number of ether oxygens (including phenoxy) is 1. The van der Waals surface area contributed by atoms with Crippen LogP contribution in [0.2, 0.25) is 0 Å². The highest BCUT2D eigenvalue weighted by atomic mass is 19.1. The van der Waals surface area contributed by atoms with Crippen molar-refractivity contribution in [3.05, 3.63) is 24.0 Å². The van der Waals surface area contributed by atoms with E-state index in [2.05, 4.69) is 5.32 Å². The Labute approximate surface area is 130 Å². The number of nitrogen functional groups attached to an aromatic ring is 1. The molecule has 1 saturated heterocycles. The Kier molecular flexibility index (Phi) is 4.78. The molecule has 1 aromatic carbocycles. The van der Waals surface area contributed by atoms with E-state index in [-0.39, 0.29) is 11.7 Å². The summed E-state index contributed by atoms with van der Waals surface area (Å²) in [5, 5.41) is 2.88. The van der Waals surface area contributed by atoms with Crippen molar-refractivity contribution in [3.8, 4) is 0 Å². The fourth-order valence-corrected chi connectivity index (χ4v) is 2.54. The van der Waals surface area contributed by atoms with Gasteiger partial charge in [0.1, 0.15) is 11.4 Å². The van der Waals surface area contributed by atoms with Gasteiger partial charge >= 0.3 is 6.09 Å². The van der Waals surface area contributed by atoms with Crippen molar-refractivity contribution in [1.29, 1.82) is 0 Å². The van der Waals surface area contributed by atoms with E-state index < -0.39 is 17.5 Å². The minimum atomic E-state index is -0.499. The summed E-state index contributed by atoms with van der Waals surface area (Å²) in [5.41, 5.74) is 6.19. The van der Waals surface area contributed by atoms with Crippen LogP contribution < -0.4 is 16.0 Å². The number of nitrogens with one attached hydrogen (secondary N) is 1. The molecular weight excluding hydrogens is 285 g/mol. The number of benzene rings is 1. The first kappa shape index (κ1) is 16.4. The maximum Gasteiger partial charge on any atom is 0.407 e. The second-order valence-electron chi connectivity index (χ2n) is 6.58. The molecule has 6 heteroatoms. The summed E-state index contributed by atoms with van der Waals surface area (Å²) in [6, 6.07) is 4.91. The average molecular weight is 309 g/mol. The summed E-state index contributed by atoms with van der Waals surface area (Å²) in [5.74, 6) is -0.397. The zero-order chi connectivity index (χ0) is 16.3. The van der Waals surface area contributed by atoms with Gasteiger partial charge in [-0.3, -0.25) is 0 Å². The van der Waals surface area contributed by atoms with Crippen molar-refractivity contribution >= 4 is 17.5 Å². The predicted molar refractivity (Wildman–Crippen MR) is 85.4 cm³/mol. The number of nitrogens with zero attached hydrogens (tertiary/aromatic N) is 1. The van der Waals surface area contributed by atoms with E-state index in [1.54, 1.807) is 6.07 Å². The Balaban J connectivity index is 1.88. The van der Waals surface area contributed by atoms with Crippen molar-refractivity contribution in [2.24, 2.45) is 0 Å². The fraction of sp³-hybridized carbons (Fsp3) is 0.562. The van der Waals surface area contributed by atoms with Gasteiger partial charge in [-0.2, -0.15) is 0 Å². The summed E-state index contributed by atoms with van der Waals surface area (Å²) in [6.07, 6.45) is 1.15. The third kappa shape index (κ3) is 4.26. The Hall–Kier alpha value is -1.98. The number of rotatable bonds is 2. The van der Waals surface area contributed by atoms with Gasteiger partial charge in [0.15, 0.2) is 0 Å². The monoisotopic (exact) mass is 309 g/mol. The first-order valence-electron chi connectivity index (χ1n) is 7.55. The highest BCUT2D eigenvalue weighted by molar-refractivity contribution is 5.69. The average Bonchev–Trinajstić information content (AvgIpc) is 2.41. The molecule has 0 aromatic heterocycles. The van der Waals surface area contributed by atoms with Gasteiger partial charge in [-0.15, -0.1) is 0 Å². The number of para-hydroxylation sites is 1. The third-order valence-corrected chi connectivity index (χ3v) is 3.59. The molecule has 0 radical (unpaired) electrons. The van der Waals surface area contributed by atoms with Gasteiger partial charge < -0.3 is 20.7 Å². The number of piperidine rings is 1. The van der Waals surface area contributed by atoms with Crippen molar-refractivity contribution in [1.82, 2.24) is 5.32 Å². The maximum absolute atomic E-state index is 13.5. The molecule has 122 valence electrons. The lowest BCUT2D eigenvalue weighted by molar-refractivity contribution is 0.0497. The van der Waals surface area contributed by atoms with Gasteiger partial charge in [0, 0.05) is 19.1 Å². The first-order valence-corrected chi connectivity index (χ1v) is 7.55. The Morgan fingerprint density at radius 2 is 2.00 bits per heavy atom. The van der Waals surface area contributed by atoms with E-state index >= 15 is 0 Å². The Morgan fingerprint density at radius 1 is 1.36 bits per heavy atom. The second kappa shape index (κ2) is 6.42. The molecule has 3 N–H and O–H groups in total. The topological polar surface area (TPSA) is 67.6 Å². The van der Waals surface area contributed by atoms with E-state index in [9.17, 15) is 9.18 Å². The van der Waals surface area contributed by atoms with Crippen LogP contribution in [0.5, 0.6) is 0 Å². The number of hydrogen-bond donors (Lipinski definition) is 2. The summed E-state index contributed by atoms with van der Waals surface area (Å²) in [4.78, 5) is 13.8. The molecule has 1 aromatic rings. The minimum Gasteiger partial charge on any atom is -0.444 e. The van der Waals surface area contributed by atoms with Gasteiger partial charge in [0.05, 0.1) is 11.4 Å². The van der Waals surface area contributed by atoms with Gasteiger partial charge in [0.2, 0.25) is 0 Å². The zero-order valence-corrected chi connectivity index (χ0v) is 13.4. The number of amides is 1. The van der Waals surface area contributed by atoms with Crippen LogP contribution in [0.15, 0.2) is 18.2 Å². The lowest BCUT2D eigenvalue weighted by atomic mass is 10.0. The summed E-state index contributed by atoms with van der Waals surface area (Å²) < 4.78 is 18.8. The van der Waals surface area contributed by atoms with Crippen LogP contribution in [0.4, 0.5) is 20.6 Å². The quantitative estimate of drug-likeness (QED) is 0.824. The smallest absolute Gasteiger partial charge is 0.407 e. The van der Waals surface area contributed by atoms with E-state index in [1.807, 2.05) is 31.7 Å². The third-order valence-electron chi connectivity index (χ3n) is 3.59. The number of alkyl carbamates (subject to hydrolysis) is 1.